The van der Waals surface area contributed by atoms with Gasteiger partial charge in [0.15, 0.2) is 0 Å². The van der Waals surface area contributed by atoms with Crippen LogP contribution in [0.15, 0.2) is 45.0 Å². The van der Waals surface area contributed by atoms with E-state index in [1.165, 1.54) is 23.7 Å². The van der Waals surface area contributed by atoms with Gasteiger partial charge in [-0.3, -0.25) is 28.9 Å². The first kappa shape index (κ1) is 17.9. The lowest BCUT2D eigenvalue weighted by Gasteiger charge is -2.20. The van der Waals surface area contributed by atoms with E-state index in [1.54, 1.807) is 38.2 Å². The minimum Gasteiger partial charge on any atom is -0.300 e. The summed E-state index contributed by atoms with van der Waals surface area (Å²) in [6.45, 7) is 1.63. The number of rotatable bonds is 2. The third kappa shape index (κ3) is 2.22. The van der Waals surface area contributed by atoms with Crippen LogP contribution in [0.4, 0.5) is 5.69 Å². The molecule has 1 fully saturated rings. The molecule has 2 aliphatic heterocycles. The Morgan fingerprint density at radius 1 is 0.893 bits per heavy atom. The van der Waals surface area contributed by atoms with Gasteiger partial charge in [-0.05, 0) is 19.1 Å². The van der Waals surface area contributed by atoms with Crippen molar-refractivity contribution in [3.05, 3.63) is 62.4 Å². The lowest BCUT2D eigenvalue weighted by molar-refractivity contribution is -0.137. The highest BCUT2D eigenvalue weighted by Crippen LogP contribution is 2.36. The minimum atomic E-state index is -0.901. The van der Waals surface area contributed by atoms with E-state index >= 15 is 0 Å². The van der Waals surface area contributed by atoms with Gasteiger partial charge in [-0.15, -0.1) is 0 Å². The number of carbonyl (C=O) groups excluding carboxylic acids is 2. The second-order valence-corrected chi connectivity index (χ2v) is 6.99. The average molecular weight is 381 g/mol. The van der Waals surface area contributed by atoms with Crippen LogP contribution in [0, 0.1) is 12.8 Å². The Labute approximate surface area is 160 Å². The number of amides is 2. The first-order valence-corrected chi connectivity index (χ1v) is 8.77. The molecule has 1 saturated heterocycles. The highest BCUT2D eigenvalue weighted by Gasteiger charge is 2.56. The van der Waals surface area contributed by atoms with Crippen LogP contribution in [0.3, 0.4) is 0 Å². The Bertz CT molecular complexity index is 1160. The summed E-state index contributed by atoms with van der Waals surface area (Å²) in [7, 11) is 4.36. The topological polar surface area (TPSA) is 97.0 Å². The van der Waals surface area contributed by atoms with Crippen molar-refractivity contribution in [2.75, 3.05) is 12.1 Å². The highest BCUT2D eigenvalue weighted by molar-refractivity contribution is 6.25. The van der Waals surface area contributed by atoms with Crippen LogP contribution in [0.25, 0.3) is 0 Å². The summed E-state index contributed by atoms with van der Waals surface area (Å²) in [6.07, 6.45) is 0. The fourth-order valence-corrected chi connectivity index (χ4v) is 3.79. The van der Waals surface area contributed by atoms with Gasteiger partial charge in [0.2, 0.25) is 5.91 Å². The zero-order chi connectivity index (χ0) is 20.3. The molecule has 4 rings (SSSR count). The van der Waals surface area contributed by atoms with E-state index in [2.05, 4.69) is 5.10 Å². The van der Waals surface area contributed by atoms with Crippen LogP contribution in [-0.4, -0.2) is 44.6 Å². The highest BCUT2D eigenvalue weighted by atomic mass is 16.2. The monoisotopic (exact) mass is 381 g/mol. The molecule has 1 aromatic heterocycles. The number of imide groups is 1. The van der Waals surface area contributed by atoms with Gasteiger partial charge in [0.1, 0.15) is 12.0 Å². The van der Waals surface area contributed by atoms with Crippen molar-refractivity contribution in [3.63, 3.8) is 0 Å². The Kier molecular flexibility index (Phi) is 3.84. The van der Waals surface area contributed by atoms with Gasteiger partial charge in [0.25, 0.3) is 11.5 Å². The number of likely N-dealkylation sites (tertiary alicyclic amines) is 1. The predicted octanol–water partition coefficient (Wildman–Crippen LogP) is -0.400. The molecule has 28 heavy (non-hydrogen) atoms. The average Bonchev–Trinajstić information content (AvgIpc) is 3.19. The van der Waals surface area contributed by atoms with E-state index in [0.29, 0.717) is 11.4 Å². The van der Waals surface area contributed by atoms with Crippen molar-refractivity contribution in [2.24, 2.45) is 25.1 Å². The lowest BCUT2D eigenvalue weighted by atomic mass is 9.92. The van der Waals surface area contributed by atoms with Crippen molar-refractivity contribution in [2.45, 2.75) is 13.0 Å². The van der Waals surface area contributed by atoms with E-state index in [4.69, 9.17) is 0 Å². The first-order valence-electron chi connectivity index (χ1n) is 8.77. The number of aromatic nitrogens is 2. The third-order valence-electron chi connectivity index (χ3n) is 5.50. The Morgan fingerprint density at radius 3 is 2.18 bits per heavy atom. The van der Waals surface area contributed by atoms with E-state index in [0.717, 1.165) is 9.47 Å². The number of likely N-dealkylation sites (N-methyl/N-ethyl adjacent to an activating group) is 1. The minimum absolute atomic E-state index is 0.175. The van der Waals surface area contributed by atoms with Crippen molar-refractivity contribution in [3.8, 4) is 0 Å². The zero-order valence-electron chi connectivity index (χ0n) is 15.9. The van der Waals surface area contributed by atoms with Crippen LogP contribution in [0.5, 0.6) is 0 Å². The summed E-state index contributed by atoms with van der Waals surface area (Å²) in [5.41, 5.74) is 0.424. The van der Waals surface area contributed by atoms with Crippen molar-refractivity contribution >= 4 is 23.2 Å². The van der Waals surface area contributed by atoms with Gasteiger partial charge < -0.3 is 4.57 Å². The zero-order valence-corrected chi connectivity index (χ0v) is 15.9. The molecule has 0 radical (unpaired) electrons. The number of fused-ring (bicyclic) bond motifs is 1. The van der Waals surface area contributed by atoms with E-state index in [9.17, 15) is 19.2 Å². The molecule has 2 amide bonds. The molecule has 0 bridgehead atoms. The Balaban J connectivity index is 2.00. The lowest BCUT2D eigenvalue weighted by Crippen LogP contribution is -2.43. The summed E-state index contributed by atoms with van der Waals surface area (Å²) in [5, 5.41) is 6.03. The molecule has 2 atom stereocenters. The molecule has 0 N–H and O–H groups in total. The number of anilines is 1. The van der Waals surface area contributed by atoms with Gasteiger partial charge in [-0.25, -0.2) is 4.79 Å². The van der Waals surface area contributed by atoms with Crippen LogP contribution in [0.2, 0.25) is 0 Å². The Hall–Kier alpha value is -3.49. The number of hydrazone groups is 1. The summed E-state index contributed by atoms with van der Waals surface area (Å²) in [5.74, 6) is -1.69. The van der Waals surface area contributed by atoms with Crippen LogP contribution in [0.1, 0.15) is 11.3 Å². The summed E-state index contributed by atoms with van der Waals surface area (Å²) in [6, 6.07) is 8.16. The standard InChI is InChI=1S/C19H19N5O4/c1-10-12(16(25)23(4)19(28)21(10)2)14-13-15(18(27)22(3)17(13)26)24(20-14)11-8-6-5-7-9-11/h5-9,13,15H,1-4H3/t13-,15+/m1/s1. The van der Waals surface area contributed by atoms with E-state index in [1.807, 2.05) is 6.07 Å². The van der Waals surface area contributed by atoms with Crippen LogP contribution in [-0.2, 0) is 23.7 Å². The maximum Gasteiger partial charge on any atom is 0.330 e. The maximum absolute atomic E-state index is 12.9. The molecule has 0 aliphatic carbocycles. The molecule has 3 heterocycles. The third-order valence-corrected chi connectivity index (χ3v) is 5.50. The van der Waals surface area contributed by atoms with Gasteiger partial charge in [-0.1, -0.05) is 18.2 Å². The SMILES string of the molecule is Cc1c(C2=NN(c3ccccc3)[C@@H]3C(=O)N(C)C(=O)[C@H]23)c(=O)n(C)c(=O)n1C. The molecule has 9 heteroatoms. The quantitative estimate of drug-likeness (QED) is 0.660. The fraction of sp³-hybridized carbons (Fsp3) is 0.316. The molecular formula is C19H19N5O4. The maximum atomic E-state index is 12.9. The molecule has 9 nitrogen and oxygen atoms in total. The number of hydrogen-bond acceptors (Lipinski definition) is 6. The van der Waals surface area contributed by atoms with Crippen LogP contribution >= 0.6 is 0 Å². The molecule has 2 aromatic rings. The summed E-state index contributed by atoms with van der Waals surface area (Å²) < 4.78 is 2.32. The molecule has 2 aliphatic rings. The molecular weight excluding hydrogens is 362 g/mol. The molecule has 144 valence electrons. The fourth-order valence-electron chi connectivity index (χ4n) is 3.79. The van der Waals surface area contributed by atoms with Crippen molar-refractivity contribution in [1.82, 2.24) is 14.0 Å². The van der Waals surface area contributed by atoms with Crippen molar-refractivity contribution in [1.29, 1.82) is 0 Å². The molecule has 1 aromatic carbocycles. The molecule has 0 unspecified atom stereocenters. The number of nitrogens with zero attached hydrogens (tertiary/aromatic N) is 5. The van der Waals surface area contributed by atoms with E-state index < -0.39 is 29.1 Å². The second-order valence-electron chi connectivity index (χ2n) is 6.99. The van der Waals surface area contributed by atoms with Gasteiger partial charge in [-0.2, -0.15) is 5.10 Å². The van der Waals surface area contributed by atoms with Gasteiger partial charge >= 0.3 is 5.69 Å². The molecule has 0 spiro atoms. The van der Waals surface area contributed by atoms with Gasteiger partial charge in [0, 0.05) is 26.8 Å². The molecule has 0 saturated carbocycles. The number of benzene rings is 1. The van der Waals surface area contributed by atoms with Crippen LogP contribution < -0.4 is 16.3 Å². The second kappa shape index (κ2) is 6.01. The normalized spacial score (nSPS) is 21.4. The number of para-hydroxylation sites is 1. The Morgan fingerprint density at radius 2 is 1.54 bits per heavy atom. The predicted molar refractivity (Wildman–Crippen MR) is 102 cm³/mol. The van der Waals surface area contributed by atoms with E-state index in [-0.39, 0.29) is 17.2 Å². The first-order chi connectivity index (χ1) is 13.3. The number of carbonyl (C=O) groups is 2. The summed E-state index contributed by atoms with van der Waals surface area (Å²) in [4.78, 5) is 51.8. The summed E-state index contributed by atoms with van der Waals surface area (Å²) >= 11 is 0. The number of hydrogen-bond donors (Lipinski definition) is 0. The largest absolute Gasteiger partial charge is 0.330 e. The van der Waals surface area contributed by atoms with Crippen molar-refractivity contribution < 1.29 is 9.59 Å². The van der Waals surface area contributed by atoms with Gasteiger partial charge in [0.05, 0.1) is 17.0 Å². The smallest absolute Gasteiger partial charge is 0.300 e.